The fourth-order valence-corrected chi connectivity index (χ4v) is 3.73. The Bertz CT molecular complexity index is 812. The Morgan fingerprint density at radius 1 is 1.07 bits per heavy atom. The molecule has 0 saturated carbocycles. The molecule has 0 N–H and O–H groups in total. The summed E-state index contributed by atoms with van der Waals surface area (Å²) in [4.78, 5) is 29.2. The molecule has 1 saturated heterocycles. The second kappa shape index (κ2) is 11.0. The van der Waals surface area contributed by atoms with Crippen molar-refractivity contribution in [3.8, 4) is 0 Å². The molecule has 0 radical (unpaired) electrons. The zero-order valence-corrected chi connectivity index (χ0v) is 18.0. The van der Waals surface area contributed by atoms with E-state index >= 15 is 0 Å². The average molecular weight is 413 g/mol. The minimum absolute atomic E-state index is 0.0179. The maximum Gasteiger partial charge on any atom is 0.242 e. The smallest absolute Gasteiger partial charge is 0.242 e. The van der Waals surface area contributed by atoms with E-state index in [0.717, 1.165) is 37.4 Å². The van der Waals surface area contributed by atoms with Crippen molar-refractivity contribution in [2.75, 3.05) is 26.2 Å². The third kappa shape index (κ3) is 6.46. The second-order valence-electron chi connectivity index (χ2n) is 7.83. The van der Waals surface area contributed by atoms with Gasteiger partial charge in [-0.05, 0) is 43.9 Å². The van der Waals surface area contributed by atoms with Crippen LogP contribution in [0.4, 0.5) is 0 Å². The van der Waals surface area contributed by atoms with Crippen LogP contribution in [0.1, 0.15) is 43.3 Å². The van der Waals surface area contributed by atoms with Crippen LogP contribution in [0.15, 0.2) is 46.9 Å². The summed E-state index contributed by atoms with van der Waals surface area (Å²) in [6, 6.07) is 13.9. The molecule has 2 heterocycles. The van der Waals surface area contributed by atoms with Gasteiger partial charge in [0.25, 0.3) is 0 Å². The Morgan fingerprint density at radius 3 is 2.50 bits per heavy atom. The van der Waals surface area contributed by atoms with Crippen LogP contribution in [0.25, 0.3) is 0 Å². The number of carbonyl (C=O) groups is 2. The summed E-state index contributed by atoms with van der Waals surface area (Å²) in [6.45, 7) is 5.96. The average Bonchev–Trinajstić information content (AvgIpc) is 3.42. The van der Waals surface area contributed by atoms with Crippen molar-refractivity contribution in [2.24, 2.45) is 0 Å². The van der Waals surface area contributed by atoms with E-state index in [9.17, 15) is 9.59 Å². The predicted molar refractivity (Wildman–Crippen MR) is 115 cm³/mol. The molecule has 2 aromatic rings. The maximum absolute atomic E-state index is 13.2. The van der Waals surface area contributed by atoms with Gasteiger partial charge < -0.3 is 19.0 Å². The maximum atomic E-state index is 13.2. The molecule has 2 amide bonds. The van der Waals surface area contributed by atoms with Crippen molar-refractivity contribution in [3.05, 3.63) is 59.5 Å². The zero-order chi connectivity index (χ0) is 21.3. The van der Waals surface area contributed by atoms with Crippen LogP contribution in [0, 0.1) is 6.92 Å². The summed E-state index contributed by atoms with van der Waals surface area (Å²) in [5.41, 5.74) is 1.17. The topological polar surface area (TPSA) is 63.0 Å². The van der Waals surface area contributed by atoms with Crippen molar-refractivity contribution >= 4 is 11.8 Å². The van der Waals surface area contributed by atoms with Gasteiger partial charge in [-0.25, -0.2) is 0 Å². The van der Waals surface area contributed by atoms with Gasteiger partial charge in [-0.3, -0.25) is 9.59 Å². The normalized spacial score (nSPS) is 15.9. The standard InChI is InChI=1S/C24H32N2O4/c1-3-23(27)26(16-21-10-7-15-29-21)18-24(28)25(17-22-12-11-19(2)30-22)14-13-20-8-5-4-6-9-20/h4-6,8-9,11-12,21H,3,7,10,13-18H2,1-2H3. The lowest BCUT2D eigenvalue weighted by Crippen LogP contribution is -2.45. The van der Waals surface area contributed by atoms with Gasteiger partial charge >= 0.3 is 0 Å². The zero-order valence-electron chi connectivity index (χ0n) is 18.0. The molecular formula is C24H32N2O4. The van der Waals surface area contributed by atoms with E-state index in [1.807, 2.05) is 44.2 Å². The van der Waals surface area contributed by atoms with Crippen molar-refractivity contribution in [2.45, 2.75) is 52.2 Å². The predicted octanol–water partition coefficient (Wildman–Crippen LogP) is 3.58. The summed E-state index contributed by atoms with van der Waals surface area (Å²) in [7, 11) is 0. The number of ether oxygens (including phenoxy) is 1. The summed E-state index contributed by atoms with van der Waals surface area (Å²) in [5.74, 6) is 1.48. The molecule has 1 aromatic carbocycles. The third-order valence-electron chi connectivity index (χ3n) is 5.44. The minimum atomic E-state index is -0.0696. The van der Waals surface area contributed by atoms with Crippen LogP contribution >= 0.6 is 0 Å². The first kappa shape index (κ1) is 22.1. The highest BCUT2D eigenvalue weighted by Gasteiger charge is 2.26. The largest absolute Gasteiger partial charge is 0.464 e. The Kier molecular flexibility index (Phi) is 8.08. The van der Waals surface area contributed by atoms with Gasteiger partial charge in [0, 0.05) is 26.1 Å². The van der Waals surface area contributed by atoms with Crippen LogP contribution in [0.2, 0.25) is 0 Å². The van der Waals surface area contributed by atoms with Crippen molar-refractivity contribution in [1.29, 1.82) is 0 Å². The highest BCUT2D eigenvalue weighted by atomic mass is 16.5. The number of rotatable bonds is 10. The molecule has 1 aromatic heterocycles. The number of hydrogen-bond donors (Lipinski definition) is 0. The number of furan rings is 1. The number of aryl methyl sites for hydroxylation is 1. The number of nitrogens with zero attached hydrogens (tertiary/aromatic N) is 2. The van der Waals surface area contributed by atoms with Gasteiger partial charge in [0.2, 0.25) is 11.8 Å². The summed E-state index contributed by atoms with van der Waals surface area (Å²) in [5, 5.41) is 0. The lowest BCUT2D eigenvalue weighted by atomic mass is 10.1. The van der Waals surface area contributed by atoms with Gasteiger partial charge in [-0.2, -0.15) is 0 Å². The van der Waals surface area contributed by atoms with E-state index in [-0.39, 0.29) is 24.5 Å². The molecule has 3 rings (SSSR count). The molecule has 0 spiro atoms. The lowest BCUT2D eigenvalue weighted by molar-refractivity contribution is -0.142. The van der Waals surface area contributed by atoms with Crippen molar-refractivity contribution < 1.29 is 18.7 Å². The molecular weight excluding hydrogens is 380 g/mol. The highest BCUT2D eigenvalue weighted by molar-refractivity contribution is 5.84. The van der Waals surface area contributed by atoms with E-state index in [1.54, 1.807) is 9.80 Å². The third-order valence-corrected chi connectivity index (χ3v) is 5.44. The number of benzene rings is 1. The molecule has 0 bridgehead atoms. The van der Waals surface area contributed by atoms with E-state index < -0.39 is 0 Å². The van der Waals surface area contributed by atoms with E-state index in [2.05, 4.69) is 12.1 Å². The fourth-order valence-electron chi connectivity index (χ4n) is 3.73. The first-order valence-electron chi connectivity index (χ1n) is 10.8. The van der Waals surface area contributed by atoms with Crippen molar-refractivity contribution in [3.63, 3.8) is 0 Å². The SMILES string of the molecule is CCC(=O)N(CC(=O)N(CCc1ccccc1)Cc1ccc(C)o1)CC1CCCO1. The van der Waals surface area contributed by atoms with E-state index in [4.69, 9.17) is 9.15 Å². The summed E-state index contributed by atoms with van der Waals surface area (Å²) >= 11 is 0. The molecule has 1 aliphatic rings. The Labute approximate surface area is 178 Å². The summed E-state index contributed by atoms with van der Waals surface area (Å²) in [6.07, 6.45) is 3.10. The first-order chi connectivity index (χ1) is 14.5. The summed E-state index contributed by atoms with van der Waals surface area (Å²) < 4.78 is 11.4. The van der Waals surface area contributed by atoms with E-state index in [0.29, 0.717) is 26.1 Å². The fraction of sp³-hybridized carbons (Fsp3) is 0.500. The first-order valence-corrected chi connectivity index (χ1v) is 10.8. The number of amides is 2. The lowest BCUT2D eigenvalue weighted by Gasteiger charge is -2.28. The Morgan fingerprint density at radius 2 is 1.87 bits per heavy atom. The molecule has 1 unspecified atom stereocenters. The van der Waals surface area contributed by atoms with Gasteiger partial charge in [0.1, 0.15) is 11.5 Å². The van der Waals surface area contributed by atoms with Gasteiger partial charge in [0.15, 0.2) is 0 Å². The minimum Gasteiger partial charge on any atom is -0.464 e. The number of carbonyl (C=O) groups excluding carboxylic acids is 2. The van der Waals surface area contributed by atoms with Gasteiger partial charge in [-0.1, -0.05) is 37.3 Å². The highest BCUT2D eigenvalue weighted by Crippen LogP contribution is 2.15. The molecule has 6 heteroatoms. The second-order valence-corrected chi connectivity index (χ2v) is 7.83. The molecule has 162 valence electrons. The van der Waals surface area contributed by atoms with Crippen LogP contribution < -0.4 is 0 Å². The monoisotopic (exact) mass is 412 g/mol. The van der Waals surface area contributed by atoms with Crippen LogP contribution in [-0.2, 0) is 27.3 Å². The van der Waals surface area contributed by atoms with Gasteiger partial charge in [-0.15, -0.1) is 0 Å². The Balaban J connectivity index is 1.68. The van der Waals surface area contributed by atoms with Crippen LogP contribution in [0.5, 0.6) is 0 Å². The van der Waals surface area contributed by atoms with Gasteiger partial charge in [0.05, 0.1) is 19.2 Å². The van der Waals surface area contributed by atoms with E-state index in [1.165, 1.54) is 5.56 Å². The Hall–Kier alpha value is -2.60. The molecule has 1 aliphatic heterocycles. The quantitative estimate of drug-likeness (QED) is 0.598. The molecule has 6 nitrogen and oxygen atoms in total. The van der Waals surface area contributed by atoms with Crippen LogP contribution in [0.3, 0.4) is 0 Å². The molecule has 30 heavy (non-hydrogen) atoms. The molecule has 0 aliphatic carbocycles. The molecule has 1 fully saturated rings. The molecule has 1 atom stereocenters. The van der Waals surface area contributed by atoms with Crippen molar-refractivity contribution in [1.82, 2.24) is 9.80 Å². The number of hydrogen-bond acceptors (Lipinski definition) is 4. The van der Waals surface area contributed by atoms with Crippen LogP contribution in [-0.4, -0.2) is 54.0 Å².